The number of para-hydroxylation sites is 1. The van der Waals surface area contributed by atoms with Gasteiger partial charge < -0.3 is 4.74 Å². The highest BCUT2D eigenvalue weighted by atomic mass is 32.3. The van der Waals surface area contributed by atoms with E-state index >= 15 is 0 Å². The molecule has 7 rings (SSSR count). The van der Waals surface area contributed by atoms with E-state index in [1.54, 1.807) is 0 Å². The van der Waals surface area contributed by atoms with Gasteiger partial charge in [-0.1, -0.05) is 152 Å². The van der Waals surface area contributed by atoms with Gasteiger partial charge in [0.25, 0.3) is 0 Å². The Morgan fingerprint density at radius 2 is 1.02 bits per heavy atom. The molecule has 0 amide bonds. The predicted molar refractivity (Wildman–Crippen MR) is 187 cm³/mol. The molecule has 0 radical (unpaired) electrons. The van der Waals surface area contributed by atoms with Gasteiger partial charge in [0.15, 0.2) is 0 Å². The lowest BCUT2D eigenvalue weighted by Gasteiger charge is -2.50. The van der Waals surface area contributed by atoms with Crippen LogP contribution >= 0.6 is 25.9 Å². The number of hydrogen-bond donors (Lipinski definition) is 0. The Morgan fingerprint density at radius 3 is 1.52 bits per heavy atom. The maximum Gasteiger partial charge on any atom is 0.140 e. The molecular weight excluding hydrogens is 566 g/mol. The summed E-state index contributed by atoms with van der Waals surface area (Å²) in [7, 11) is -2.77. The van der Waals surface area contributed by atoms with Gasteiger partial charge >= 0.3 is 0 Å². The third-order valence-corrected chi connectivity index (χ3v) is 16.4. The van der Waals surface area contributed by atoms with Gasteiger partial charge in [0.2, 0.25) is 0 Å². The van der Waals surface area contributed by atoms with Crippen LogP contribution in [0.3, 0.4) is 0 Å². The summed E-state index contributed by atoms with van der Waals surface area (Å²) < 4.78 is 7.40. The molecular formula is C38H34OP2S. The van der Waals surface area contributed by atoms with Gasteiger partial charge in [-0.3, -0.25) is 0 Å². The summed E-state index contributed by atoms with van der Waals surface area (Å²) in [6.07, 6.45) is 12.0. The van der Waals surface area contributed by atoms with Crippen molar-refractivity contribution < 1.29 is 4.74 Å². The Kier molecular flexibility index (Phi) is 7.64. The van der Waals surface area contributed by atoms with Crippen molar-refractivity contribution in [2.75, 3.05) is 12.5 Å². The fourth-order valence-electron chi connectivity index (χ4n) is 6.13. The summed E-state index contributed by atoms with van der Waals surface area (Å²) in [4.78, 5) is 1.38. The standard InChI is InChI=1S/C38H34OP2S/c1-42(2)35-27-15-25-33(40(29-17-7-3-8-18-29)30-19-9-4-10-20-30)37(35)39-38-34(26-16-28-36(38)42)41(31-21-11-5-12-22-31)32-23-13-6-14-24-32/h3-28,35,37H,1-2H3. The lowest BCUT2D eigenvalue weighted by Crippen LogP contribution is -2.43. The second kappa shape index (κ2) is 11.7. The van der Waals surface area contributed by atoms with Crippen LogP contribution in [-0.2, 0) is 0 Å². The maximum atomic E-state index is 7.40. The minimum absolute atomic E-state index is 0.0106. The first-order chi connectivity index (χ1) is 20.6. The topological polar surface area (TPSA) is 9.23 Å². The molecule has 0 aromatic heterocycles. The highest BCUT2D eigenvalue weighted by Crippen LogP contribution is 2.65. The summed E-state index contributed by atoms with van der Waals surface area (Å²) in [5.41, 5.74) is 0. The maximum absolute atomic E-state index is 7.40. The smallest absolute Gasteiger partial charge is 0.140 e. The van der Waals surface area contributed by atoms with Gasteiger partial charge in [-0.15, -0.1) is 0 Å². The van der Waals surface area contributed by atoms with Crippen molar-refractivity contribution in [3.63, 3.8) is 0 Å². The van der Waals surface area contributed by atoms with Gasteiger partial charge in [0.1, 0.15) is 11.9 Å². The van der Waals surface area contributed by atoms with E-state index in [4.69, 9.17) is 4.74 Å². The molecule has 2 atom stereocenters. The number of hydrogen-bond acceptors (Lipinski definition) is 1. The molecule has 1 heterocycles. The number of fused-ring (bicyclic) bond motifs is 2. The Labute approximate surface area is 253 Å². The number of allylic oxidation sites excluding steroid dienone is 2. The van der Waals surface area contributed by atoms with Crippen LogP contribution in [0.4, 0.5) is 0 Å². The molecule has 2 aliphatic rings. The second-order valence-corrected chi connectivity index (χ2v) is 19.2. The summed E-state index contributed by atoms with van der Waals surface area (Å²) in [5.74, 6) is 1.11. The van der Waals surface area contributed by atoms with Gasteiger partial charge in [-0.25, -0.2) is 10.0 Å². The van der Waals surface area contributed by atoms with E-state index in [2.05, 4.69) is 170 Å². The van der Waals surface area contributed by atoms with Crippen LogP contribution in [0, 0.1) is 0 Å². The quantitative estimate of drug-likeness (QED) is 0.183. The second-order valence-electron chi connectivity index (χ2n) is 11.0. The number of rotatable bonds is 6. The summed E-state index contributed by atoms with van der Waals surface area (Å²) in [6.45, 7) is 0. The van der Waals surface area contributed by atoms with Crippen LogP contribution in [-0.4, -0.2) is 23.9 Å². The zero-order chi connectivity index (χ0) is 28.5. The monoisotopic (exact) mass is 600 g/mol. The molecule has 4 heteroatoms. The molecule has 0 spiro atoms. The molecule has 0 saturated heterocycles. The van der Waals surface area contributed by atoms with Crippen molar-refractivity contribution in [3.05, 3.63) is 163 Å². The zero-order valence-electron chi connectivity index (χ0n) is 23.9. The van der Waals surface area contributed by atoms with E-state index in [9.17, 15) is 0 Å². The number of benzene rings is 5. The molecule has 208 valence electrons. The van der Waals surface area contributed by atoms with Crippen molar-refractivity contribution in [2.24, 2.45) is 0 Å². The van der Waals surface area contributed by atoms with Crippen molar-refractivity contribution in [1.82, 2.24) is 0 Å². The molecule has 0 bridgehead atoms. The molecule has 0 N–H and O–H groups in total. The third-order valence-electron chi connectivity index (χ3n) is 8.16. The van der Waals surface area contributed by atoms with Crippen LogP contribution in [0.15, 0.2) is 168 Å². The fourth-order valence-corrected chi connectivity index (χ4v) is 13.9. The third kappa shape index (κ3) is 4.97. The Morgan fingerprint density at radius 1 is 0.548 bits per heavy atom. The minimum Gasteiger partial charge on any atom is -0.482 e. The van der Waals surface area contributed by atoms with E-state index in [0.29, 0.717) is 5.25 Å². The highest BCUT2D eigenvalue weighted by Gasteiger charge is 2.45. The van der Waals surface area contributed by atoms with Crippen LogP contribution < -0.4 is 31.3 Å². The average Bonchev–Trinajstić information content (AvgIpc) is 3.04. The van der Waals surface area contributed by atoms with Crippen molar-refractivity contribution >= 4 is 52.4 Å². The van der Waals surface area contributed by atoms with E-state index in [1.807, 2.05) is 0 Å². The Balaban J connectivity index is 1.40. The van der Waals surface area contributed by atoms with Gasteiger partial charge in [0, 0.05) is 15.5 Å². The van der Waals surface area contributed by atoms with E-state index in [-0.39, 0.29) is 6.10 Å². The van der Waals surface area contributed by atoms with Crippen LogP contribution in [0.1, 0.15) is 0 Å². The Bertz CT molecular complexity index is 1660. The van der Waals surface area contributed by atoms with Gasteiger partial charge in [-0.2, -0.15) is 0 Å². The zero-order valence-corrected chi connectivity index (χ0v) is 26.5. The first-order valence-corrected chi connectivity index (χ1v) is 19.5. The first kappa shape index (κ1) is 27.4. The molecule has 5 aromatic rings. The minimum atomic E-state index is -1.23. The summed E-state index contributed by atoms with van der Waals surface area (Å²) >= 11 is 0. The number of ether oxygens (including phenoxy) is 1. The van der Waals surface area contributed by atoms with Crippen molar-refractivity contribution in [3.8, 4) is 5.75 Å². The Hall–Kier alpha value is -3.41. The first-order valence-electron chi connectivity index (χ1n) is 14.3. The van der Waals surface area contributed by atoms with Gasteiger partial charge in [0.05, 0.1) is 5.25 Å². The molecule has 0 fully saturated rings. The molecule has 0 saturated carbocycles. The largest absolute Gasteiger partial charge is 0.482 e. The van der Waals surface area contributed by atoms with E-state index < -0.39 is 25.9 Å². The molecule has 1 nitrogen and oxygen atoms in total. The molecule has 1 aliphatic heterocycles. The summed E-state index contributed by atoms with van der Waals surface area (Å²) in [5, 5.41) is 8.46. The van der Waals surface area contributed by atoms with Crippen LogP contribution in [0.5, 0.6) is 5.75 Å². The van der Waals surface area contributed by atoms with Crippen molar-refractivity contribution in [2.45, 2.75) is 16.2 Å². The lowest BCUT2D eigenvalue weighted by atomic mass is 10.1. The molecule has 42 heavy (non-hydrogen) atoms. The predicted octanol–water partition coefficient (Wildman–Crippen LogP) is 7.58. The van der Waals surface area contributed by atoms with Gasteiger partial charge in [-0.05, 0) is 55.6 Å². The fraction of sp³-hybridized carbons (Fsp3) is 0.105. The van der Waals surface area contributed by atoms with Crippen molar-refractivity contribution in [1.29, 1.82) is 0 Å². The van der Waals surface area contributed by atoms with Crippen LogP contribution in [0.25, 0.3) is 0 Å². The molecule has 1 aliphatic carbocycles. The summed E-state index contributed by atoms with van der Waals surface area (Å²) in [6, 6.07) is 50.9. The molecule has 2 unspecified atom stereocenters. The van der Waals surface area contributed by atoms with E-state index in [0.717, 1.165) is 5.75 Å². The SMILES string of the molecule is CS1(C)c2cccc(P(c3ccccc3)c3ccccc3)c2OC2C(P(c3ccccc3)c3ccccc3)=CC=CC21. The average molecular weight is 601 g/mol. The normalized spacial score (nSPS) is 19.4. The van der Waals surface area contributed by atoms with E-state index in [1.165, 1.54) is 36.7 Å². The highest BCUT2D eigenvalue weighted by molar-refractivity contribution is 8.33. The van der Waals surface area contributed by atoms with Crippen LogP contribution in [0.2, 0.25) is 0 Å². The molecule has 5 aromatic carbocycles. The lowest BCUT2D eigenvalue weighted by molar-refractivity contribution is 0.240.